The third kappa shape index (κ3) is 3.40. The summed E-state index contributed by atoms with van der Waals surface area (Å²) in [4.78, 5) is 11.9. The minimum absolute atomic E-state index is 0.0479. The van der Waals surface area contributed by atoms with Gasteiger partial charge >= 0.3 is 0 Å². The molecule has 0 aliphatic rings. The Morgan fingerprint density at radius 2 is 1.89 bits per heavy atom. The summed E-state index contributed by atoms with van der Waals surface area (Å²) in [5, 5.41) is 10.5. The van der Waals surface area contributed by atoms with Gasteiger partial charge in [0.05, 0.1) is 0 Å². The van der Waals surface area contributed by atoms with Crippen molar-refractivity contribution in [2.24, 2.45) is 0 Å². The minimum Gasteiger partial charge on any atom is -0.426 e. The molecule has 0 aliphatic heterocycles. The van der Waals surface area contributed by atoms with Crippen molar-refractivity contribution in [2.75, 3.05) is 5.32 Å². The average Bonchev–Trinajstić information content (AvgIpc) is 2.77. The molecule has 0 unspecified atom stereocenters. The number of hydrogen-bond donors (Lipinski definition) is 1. The fourth-order valence-electron chi connectivity index (χ4n) is 1.87. The second-order valence-corrected chi connectivity index (χ2v) is 4.53. The number of nitrogens with one attached hydrogen (secondary N) is 1. The zero-order chi connectivity index (χ0) is 13.8. The molecule has 0 aliphatic carbocycles. The van der Waals surface area contributed by atoms with Crippen LogP contribution in [0.25, 0.3) is 0 Å². The summed E-state index contributed by atoms with van der Waals surface area (Å²) in [6.07, 6.45) is 0.785. The van der Waals surface area contributed by atoms with Gasteiger partial charge in [0.2, 0.25) is 17.7 Å². The summed E-state index contributed by atoms with van der Waals surface area (Å²) in [6.45, 7) is 5.68. The maximum Gasteiger partial charge on any atom is 0.224 e. The summed E-state index contributed by atoms with van der Waals surface area (Å²) < 4.78 is 5.23. The average molecular weight is 259 g/mol. The fourth-order valence-corrected chi connectivity index (χ4v) is 1.87. The summed E-state index contributed by atoms with van der Waals surface area (Å²) in [7, 11) is 0. The number of aromatic nitrogens is 2. The maximum absolute atomic E-state index is 11.9. The molecule has 1 amide bonds. The van der Waals surface area contributed by atoms with E-state index in [0.29, 0.717) is 24.6 Å². The van der Waals surface area contributed by atoms with Crippen LogP contribution >= 0.6 is 0 Å². The second kappa shape index (κ2) is 5.65. The Kier molecular flexibility index (Phi) is 3.94. The number of carbonyl (C=O) groups excluding carboxylic acids is 1. The quantitative estimate of drug-likeness (QED) is 0.916. The van der Waals surface area contributed by atoms with E-state index < -0.39 is 0 Å². The molecule has 0 radical (unpaired) electrons. The van der Waals surface area contributed by atoms with Crippen molar-refractivity contribution in [3.63, 3.8) is 0 Å². The Morgan fingerprint density at radius 3 is 2.47 bits per heavy atom. The Morgan fingerprint density at radius 1 is 1.21 bits per heavy atom. The number of hydrogen-bond acceptors (Lipinski definition) is 4. The number of rotatable bonds is 4. The molecule has 1 heterocycles. The number of nitrogens with zero attached hydrogens (tertiary/aromatic N) is 2. The topological polar surface area (TPSA) is 68.0 Å². The smallest absolute Gasteiger partial charge is 0.224 e. The zero-order valence-electron chi connectivity index (χ0n) is 11.4. The van der Waals surface area contributed by atoms with Crippen LogP contribution in [-0.4, -0.2) is 16.1 Å². The van der Waals surface area contributed by atoms with Gasteiger partial charge in [-0.1, -0.05) is 18.2 Å². The zero-order valence-corrected chi connectivity index (χ0v) is 11.4. The van der Waals surface area contributed by atoms with Gasteiger partial charge in [-0.05, 0) is 25.0 Å². The molecular formula is C14H17N3O2. The van der Waals surface area contributed by atoms with Crippen LogP contribution in [0.3, 0.4) is 0 Å². The Bertz CT molecular complexity index is 570. The molecule has 1 aromatic carbocycles. The highest BCUT2D eigenvalue weighted by molar-refractivity contribution is 5.92. The lowest BCUT2D eigenvalue weighted by molar-refractivity contribution is -0.116. The Hall–Kier alpha value is -2.17. The van der Waals surface area contributed by atoms with Crippen LogP contribution in [0, 0.1) is 20.8 Å². The van der Waals surface area contributed by atoms with Gasteiger partial charge in [0.1, 0.15) is 0 Å². The molecule has 100 valence electrons. The number of benzene rings is 1. The molecule has 0 fully saturated rings. The van der Waals surface area contributed by atoms with Crippen molar-refractivity contribution in [3.05, 3.63) is 41.1 Å². The van der Waals surface area contributed by atoms with E-state index in [-0.39, 0.29) is 5.91 Å². The molecule has 0 bridgehead atoms. The molecule has 19 heavy (non-hydrogen) atoms. The van der Waals surface area contributed by atoms with E-state index in [4.69, 9.17) is 4.42 Å². The molecule has 1 aromatic heterocycles. The summed E-state index contributed by atoms with van der Waals surface area (Å²) in [5.41, 5.74) is 3.00. The normalized spacial score (nSPS) is 10.5. The van der Waals surface area contributed by atoms with Crippen molar-refractivity contribution in [3.8, 4) is 0 Å². The molecular weight excluding hydrogens is 242 g/mol. The van der Waals surface area contributed by atoms with Gasteiger partial charge in [-0.15, -0.1) is 10.2 Å². The van der Waals surface area contributed by atoms with Crippen molar-refractivity contribution < 1.29 is 9.21 Å². The van der Waals surface area contributed by atoms with Gasteiger partial charge in [0.15, 0.2) is 0 Å². The minimum atomic E-state index is -0.0479. The van der Waals surface area contributed by atoms with Gasteiger partial charge in [-0.3, -0.25) is 4.79 Å². The first-order chi connectivity index (χ1) is 9.06. The van der Waals surface area contributed by atoms with Crippen LogP contribution in [-0.2, 0) is 11.2 Å². The van der Waals surface area contributed by atoms with Crippen LogP contribution in [0.5, 0.6) is 0 Å². The Balaban J connectivity index is 1.94. The standard InChI is InChI=1S/C14H17N3O2/c1-9-5-4-6-10(2)14(9)15-12(18)7-8-13-17-16-11(3)19-13/h4-6H,7-8H2,1-3H3,(H,15,18). The highest BCUT2D eigenvalue weighted by Crippen LogP contribution is 2.19. The SMILES string of the molecule is Cc1nnc(CCC(=O)Nc2c(C)cccc2C)o1. The lowest BCUT2D eigenvalue weighted by Gasteiger charge is -2.10. The van der Waals surface area contributed by atoms with E-state index in [1.165, 1.54) is 0 Å². The van der Waals surface area contributed by atoms with Gasteiger partial charge in [0.25, 0.3) is 0 Å². The summed E-state index contributed by atoms with van der Waals surface area (Å²) >= 11 is 0. The first kappa shape index (κ1) is 13.3. The number of anilines is 1. The van der Waals surface area contributed by atoms with Crippen LogP contribution in [0.2, 0.25) is 0 Å². The van der Waals surface area contributed by atoms with Crippen molar-refractivity contribution in [2.45, 2.75) is 33.6 Å². The van der Waals surface area contributed by atoms with E-state index in [1.54, 1.807) is 6.92 Å². The highest BCUT2D eigenvalue weighted by Gasteiger charge is 2.09. The van der Waals surface area contributed by atoms with Gasteiger partial charge < -0.3 is 9.73 Å². The summed E-state index contributed by atoms with van der Waals surface area (Å²) in [5.74, 6) is 0.965. The molecule has 5 nitrogen and oxygen atoms in total. The highest BCUT2D eigenvalue weighted by atomic mass is 16.4. The molecule has 0 spiro atoms. The molecule has 0 saturated heterocycles. The molecule has 0 atom stereocenters. The van der Waals surface area contributed by atoms with Gasteiger partial charge in [-0.2, -0.15) is 0 Å². The first-order valence-electron chi connectivity index (χ1n) is 6.21. The molecule has 2 rings (SSSR count). The van der Waals surface area contributed by atoms with Crippen LogP contribution in [0.15, 0.2) is 22.6 Å². The van der Waals surface area contributed by atoms with Gasteiger partial charge in [-0.25, -0.2) is 0 Å². The van der Waals surface area contributed by atoms with Crippen LogP contribution < -0.4 is 5.32 Å². The van der Waals surface area contributed by atoms with Crippen molar-refractivity contribution in [1.82, 2.24) is 10.2 Å². The fraction of sp³-hybridized carbons (Fsp3) is 0.357. The molecule has 1 N–H and O–H groups in total. The number of para-hydroxylation sites is 1. The maximum atomic E-state index is 11.9. The van der Waals surface area contributed by atoms with Crippen molar-refractivity contribution >= 4 is 11.6 Å². The second-order valence-electron chi connectivity index (χ2n) is 4.53. The van der Waals surface area contributed by atoms with E-state index in [1.807, 2.05) is 32.0 Å². The predicted molar refractivity (Wildman–Crippen MR) is 71.9 cm³/mol. The number of aryl methyl sites for hydroxylation is 4. The first-order valence-corrected chi connectivity index (χ1v) is 6.21. The summed E-state index contributed by atoms with van der Waals surface area (Å²) in [6, 6.07) is 5.93. The van der Waals surface area contributed by atoms with E-state index in [0.717, 1.165) is 16.8 Å². The largest absolute Gasteiger partial charge is 0.426 e. The van der Waals surface area contributed by atoms with Gasteiger partial charge in [0, 0.05) is 25.5 Å². The Labute approximate surface area is 112 Å². The van der Waals surface area contributed by atoms with E-state index >= 15 is 0 Å². The predicted octanol–water partition coefficient (Wildman–Crippen LogP) is 2.57. The van der Waals surface area contributed by atoms with E-state index in [2.05, 4.69) is 15.5 Å². The third-order valence-electron chi connectivity index (χ3n) is 2.88. The third-order valence-corrected chi connectivity index (χ3v) is 2.88. The van der Waals surface area contributed by atoms with Crippen molar-refractivity contribution in [1.29, 1.82) is 0 Å². The number of carbonyl (C=O) groups is 1. The monoisotopic (exact) mass is 259 g/mol. The van der Waals surface area contributed by atoms with Crippen LogP contribution in [0.1, 0.15) is 29.3 Å². The molecule has 0 saturated carbocycles. The van der Waals surface area contributed by atoms with Crippen LogP contribution in [0.4, 0.5) is 5.69 Å². The van der Waals surface area contributed by atoms with E-state index in [9.17, 15) is 4.79 Å². The number of amides is 1. The lowest BCUT2D eigenvalue weighted by Crippen LogP contribution is -2.14. The lowest BCUT2D eigenvalue weighted by atomic mass is 10.1. The molecule has 5 heteroatoms. The molecule has 2 aromatic rings.